The molecule has 6 atom stereocenters. The number of amides is 2. The van der Waals surface area contributed by atoms with Gasteiger partial charge in [-0.1, -0.05) is 30.7 Å². The van der Waals surface area contributed by atoms with Gasteiger partial charge >= 0.3 is 6.09 Å². The molecular weight excluding hydrogens is 528 g/mol. The van der Waals surface area contributed by atoms with Crippen molar-refractivity contribution >= 4 is 45.4 Å². The van der Waals surface area contributed by atoms with Crippen LogP contribution in [0.2, 0.25) is 5.02 Å². The number of fused-ring (bicyclic) bond motifs is 6. The van der Waals surface area contributed by atoms with Gasteiger partial charge in [0.05, 0.1) is 24.2 Å². The number of H-pyrrole nitrogens is 1. The van der Waals surface area contributed by atoms with E-state index in [1.165, 1.54) is 7.11 Å². The number of benzene rings is 3. The molecule has 3 aromatic carbocycles. The van der Waals surface area contributed by atoms with Gasteiger partial charge in [0, 0.05) is 22.0 Å². The first-order valence-electron chi connectivity index (χ1n) is 14.0. The molecule has 8 nitrogen and oxygen atoms in total. The van der Waals surface area contributed by atoms with Crippen LogP contribution in [0.4, 0.5) is 4.79 Å². The van der Waals surface area contributed by atoms with E-state index in [2.05, 4.69) is 47.6 Å². The Bertz CT molecular complexity index is 1730. The molecule has 204 valence electrons. The summed E-state index contributed by atoms with van der Waals surface area (Å²) in [4.78, 5) is 36.7. The summed E-state index contributed by atoms with van der Waals surface area (Å²) < 4.78 is 11.0. The van der Waals surface area contributed by atoms with Crippen LogP contribution in [0, 0.1) is 17.8 Å². The van der Waals surface area contributed by atoms with Crippen molar-refractivity contribution in [3.8, 4) is 16.9 Å². The summed E-state index contributed by atoms with van der Waals surface area (Å²) in [5, 5.41) is 5.61. The summed E-state index contributed by atoms with van der Waals surface area (Å²) >= 11 is 6.22. The zero-order valence-corrected chi connectivity index (χ0v) is 23.0. The van der Waals surface area contributed by atoms with Crippen LogP contribution in [-0.4, -0.2) is 46.1 Å². The summed E-state index contributed by atoms with van der Waals surface area (Å²) in [5.74, 6) is 2.44. The van der Waals surface area contributed by atoms with Crippen LogP contribution in [0.15, 0.2) is 42.5 Å². The second kappa shape index (κ2) is 8.61. The normalized spacial score (nSPS) is 28.3. The molecule has 0 radical (unpaired) electrons. The van der Waals surface area contributed by atoms with Gasteiger partial charge < -0.3 is 24.7 Å². The quantitative estimate of drug-likeness (QED) is 0.317. The molecule has 2 N–H and O–H groups in total. The molecule has 1 aromatic heterocycles. The van der Waals surface area contributed by atoms with Crippen LogP contribution in [0.5, 0.6) is 5.75 Å². The van der Waals surface area contributed by atoms with Crippen molar-refractivity contribution in [2.45, 2.75) is 50.9 Å². The predicted octanol–water partition coefficient (Wildman–Crippen LogP) is 5.97. The number of ether oxygens (including phenoxy) is 2. The Morgan fingerprint density at radius 1 is 1.18 bits per heavy atom. The first-order chi connectivity index (χ1) is 19.4. The summed E-state index contributed by atoms with van der Waals surface area (Å²) in [6, 6.07) is 13.8. The predicted molar refractivity (Wildman–Crippen MR) is 151 cm³/mol. The molecule has 0 bridgehead atoms. The Labute approximate surface area is 236 Å². The van der Waals surface area contributed by atoms with Crippen LogP contribution in [0.25, 0.3) is 32.9 Å². The summed E-state index contributed by atoms with van der Waals surface area (Å²) in [6.07, 6.45) is 2.46. The number of imidazole rings is 1. The summed E-state index contributed by atoms with van der Waals surface area (Å²) in [6.45, 7) is 2.55. The number of aromatic nitrogens is 2. The third-order valence-electron chi connectivity index (χ3n) is 9.80. The number of alkyl carbamates (subject to hydrolysis) is 1. The summed E-state index contributed by atoms with van der Waals surface area (Å²) in [7, 11) is 1.33. The number of rotatable bonds is 2. The van der Waals surface area contributed by atoms with Crippen molar-refractivity contribution in [3.63, 3.8) is 0 Å². The van der Waals surface area contributed by atoms with Crippen molar-refractivity contribution in [2.75, 3.05) is 7.11 Å². The molecule has 4 aromatic rings. The maximum Gasteiger partial charge on any atom is 0.407 e. The second-order valence-electron chi connectivity index (χ2n) is 11.7. The number of aromatic amines is 1. The molecule has 3 unspecified atom stereocenters. The molecule has 0 spiro atoms. The molecule has 4 heterocycles. The number of hydrogen-bond acceptors (Lipinski definition) is 5. The van der Waals surface area contributed by atoms with E-state index < -0.39 is 12.1 Å². The molecule has 1 aliphatic carbocycles. The molecule has 8 rings (SSSR count). The molecule has 2 saturated heterocycles. The maximum absolute atomic E-state index is 13.9. The highest BCUT2D eigenvalue weighted by Gasteiger charge is 2.59. The number of methoxy groups -OCH3 is 1. The summed E-state index contributed by atoms with van der Waals surface area (Å²) in [5.41, 5.74) is 5.06. The van der Waals surface area contributed by atoms with Crippen LogP contribution in [-0.2, 0) is 16.1 Å². The van der Waals surface area contributed by atoms with Gasteiger partial charge in [-0.25, -0.2) is 9.78 Å². The fraction of sp³-hybridized carbons (Fsp3) is 0.387. The SMILES string of the molecule is COC(=O)N[C@@H]1C(=O)N2C(c3nc4c(ccc5cc6c(cc54)OCc4cc(Cl)ccc4-6)[nH]3)C[C@@H]3CCC(C1C)[C@@H]32. The maximum atomic E-state index is 13.9. The van der Waals surface area contributed by atoms with Gasteiger partial charge in [-0.2, -0.15) is 0 Å². The molecule has 40 heavy (non-hydrogen) atoms. The Balaban J connectivity index is 1.20. The monoisotopic (exact) mass is 556 g/mol. The second-order valence-corrected chi connectivity index (χ2v) is 12.1. The largest absolute Gasteiger partial charge is 0.488 e. The highest BCUT2D eigenvalue weighted by atomic mass is 35.5. The van der Waals surface area contributed by atoms with Crippen molar-refractivity contribution in [3.05, 3.63) is 58.9 Å². The minimum atomic E-state index is -0.598. The third-order valence-corrected chi connectivity index (χ3v) is 10.0. The number of nitrogens with zero attached hydrogens (tertiary/aromatic N) is 2. The van der Waals surface area contributed by atoms with E-state index in [0.29, 0.717) is 23.5 Å². The molecule has 1 saturated carbocycles. The van der Waals surface area contributed by atoms with Crippen LogP contribution >= 0.6 is 11.6 Å². The molecule has 2 amide bonds. The van der Waals surface area contributed by atoms with Gasteiger partial charge in [-0.15, -0.1) is 0 Å². The van der Waals surface area contributed by atoms with E-state index in [4.69, 9.17) is 26.1 Å². The molecule has 3 fully saturated rings. The third kappa shape index (κ3) is 3.35. The lowest BCUT2D eigenvalue weighted by Crippen LogP contribution is -2.61. The smallest absolute Gasteiger partial charge is 0.407 e. The number of hydrogen-bond donors (Lipinski definition) is 2. The van der Waals surface area contributed by atoms with Crippen molar-refractivity contribution in [2.24, 2.45) is 17.8 Å². The van der Waals surface area contributed by atoms with Crippen molar-refractivity contribution in [1.29, 1.82) is 0 Å². The Kier molecular flexibility index (Phi) is 5.18. The minimum Gasteiger partial charge on any atom is -0.488 e. The minimum absolute atomic E-state index is 0.0416. The first kappa shape index (κ1) is 24.1. The van der Waals surface area contributed by atoms with Gasteiger partial charge in [0.1, 0.15) is 24.2 Å². The highest BCUT2D eigenvalue weighted by Crippen LogP contribution is 2.55. The van der Waals surface area contributed by atoms with E-state index >= 15 is 0 Å². The van der Waals surface area contributed by atoms with Crippen molar-refractivity contribution < 1.29 is 19.1 Å². The number of carbonyl (C=O) groups is 2. The average Bonchev–Trinajstić information content (AvgIpc) is 3.67. The first-order valence-corrected chi connectivity index (χ1v) is 14.3. The molecular formula is C31H29ClN4O4. The number of piperidine rings is 1. The van der Waals surface area contributed by atoms with E-state index in [9.17, 15) is 9.59 Å². The molecule has 3 aliphatic heterocycles. The Hall–Kier alpha value is -3.78. The van der Waals surface area contributed by atoms with Gasteiger partial charge in [0.2, 0.25) is 5.91 Å². The number of carbonyl (C=O) groups excluding carboxylic acids is 2. The number of nitrogens with one attached hydrogen (secondary N) is 2. The molecule has 9 heteroatoms. The lowest BCUT2D eigenvalue weighted by atomic mass is 9.78. The fourth-order valence-electron chi connectivity index (χ4n) is 7.96. The lowest BCUT2D eigenvalue weighted by molar-refractivity contribution is -0.145. The zero-order valence-electron chi connectivity index (χ0n) is 22.2. The van der Waals surface area contributed by atoms with E-state index in [-0.39, 0.29) is 23.9 Å². The average molecular weight is 557 g/mol. The van der Waals surface area contributed by atoms with Gasteiger partial charge in [-0.05, 0) is 83.9 Å². The van der Waals surface area contributed by atoms with Crippen LogP contribution < -0.4 is 10.1 Å². The lowest BCUT2D eigenvalue weighted by Gasteiger charge is -2.45. The van der Waals surface area contributed by atoms with Gasteiger partial charge in [0.25, 0.3) is 0 Å². The van der Waals surface area contributed by atoms with Gasteiger partial charge in [0.15, 0.2) is 0 Å². The fourth-order valence-corrected chi connectivity index (χ4v) is 8.15. The van der Waals surface area contributed by atoms with Crippen LogP contribution in [0.1, 0.15) is 43.6 Å². The standard InChI is InChI=1S/C31H29ClN4O4/c1-14-19-6-3-16-11-24(36(28(16)19)30(37)26(14)35-31(38)39-2)29-33-23-8-4-15-10-22-20-7-5-18(32)9-17(20)13-40-25(22)12-21(15)27(23)34-29/h4-5,7-10,12,14,16,19,24,26,28H,3,6,11,13H2,1-2H3,(H,33,34)(H,35,38)/t14?,16-,19?,24?,26-,28+/m0/s1. The highest BCUT2D eigenvalue weighted by molar-refractivity contribution is 6.30. The topological polar surface area (TPSA) is 96.6 Å². The van der Waals surface area contributed by atoms with Crippen LogP contribution in [0.3, 0.4) is 0 Å². The Morgan fingerprint density at radius 2 is 2.05 bits per heavy atom. The zero-order chi connectivity index (χ0) is 27.3. The number of halogens is 1. The Morgan fingerprint density at radius 3 is 2.90 bits per heavy atom. The van der Waals surface area contributed by atoms with E-state index in [1.54, 1.807) is 0 Å². The van der Waals surface area contributed by atoms with E-state index in [0.717, 1.165) is 69.3 Å². The molecule has 4 aliphatic rings. The van der Waals surface area contributed by atoms with Crippen molar-refractivity contribution in [1.82, 2.24) is 20.2 Å². The van der Waals surface area contributed by atoms with Gasteiger partial charge in [-0.3, -0.25) is 4.79 Å². The van der Waals surface area contributed by atoms with E-state index in [1.807, 2.05) is 17.0 Å².